The number of benzene rings is 4. The topological polar surface area (TPSA) is 49.4 Å². The zero-order valence-corrected chi connectivity index (χ0v) is 22.0. The minimum Gasteiger partial charge on any atom is -0.341 e. The van der Waals surface area contributed by atoms with Crippen molar-refractivity contribution in [2.75, 3.05) is 5.75 Å². The molecule has 186 valence electrons. The van der Waals surface area contributed by atoms with Crippen molar-refractivity contribution < 1.29 is 9.59 Å². The molecule has 1 heterocycles. The van der Waals surface area contributed by atoms with Crippen molar-refractivity contribution >= 4 is 35.2 Å². The summed E-state index contributed by atoms with van der Waals surface area (Å²) in [5.74, 6) is 0.403. The number of rotatable bonds is 7. The minimum absolute atomic E-state index is 0.0927. The summed E-state index contributed by atoms with van der Waals surface area (Å²) in [6.07, 6.45) is 0. The van der Waals surface area contributed by atoms with E-state index in [0.29, 0.717) is 22.9 Å². The molecule has 2 atom stereocenters. The van der Waals surface area contributed by atoms with Crippen LogP contribution in [0.15, 0.2) is 103 Å². The molecule has 6 heteroatoms. The normalized spacial score (nSPS) is 16.0. The SMILES string of the molecule is Cc1ccc([C@H](NC(=O)c2ccc([C@H]3SCC(=O)N3Cc3ccc(Cl)cc3)cc2)c2ccccc2)cc1. The average molecular weight is 527 g/mol. The second kappa shape index (κ2) is 11.2. The Bertz CT molecular complexity index is 1370. The zero-order valence-electron chi connectivity index (χ0n) is 20.4. The smallest absolute Gasteiger partial charge is 0.252 e. The van der Waals surface area contributed by atoms with Gasteiger partial charge in [0.2, 0.25) is 5.91 Å². The molecule has 2 amide bonds. The first-order valence-electron chi connectivity index (χ1n) is 12.2. The van der Waals surface area contributed by atoms with Crippen LogP contribution in [0.2, 0.25) is 5.02 Å². The van der Waals surface area contributed by atoms with E-state index in [4.69, 9.17) is 11.6 Å². The van der Waals surface area contributed by atoms with Crippen LogP contribution >= 0.6 is 23.4 Å². The van der Waals surface area contributed by atoms with E-state index >= 15 is 0 Å². The first kappa shape index (κ1) is 25.1. The number of nitrogens with zero attached hydrogens (tertiary/aromatic N) is 1. The van der Waals surface area contributed by atoms with Gasteiger partial charge >= 0.3 is 0 Å². The highest BCUT2D eigenvalue weighted by atomic mass is 35.5. The molecule has 0 spiro atoms. The van der Waals surface area contributed by atoms with Gasteiger partial charge in [-0.25, -0.2) is 0 Å². The summed E-state index contributed by atoms with van der Waals surface area (Å²) in [4.78, 5) is 27.8. The third kappa shape index (κ3) is 5.90. The van der Waals surface area contributed by atoms with Gasteiger partial charge in [0.05, 0.1) is 11.8 Å². The van der Waals surface area contributed by atoms with Crippen LogP contribution in [-0.2, 0) is 11.3 Å². The second-order valence-electron chi connectivity index (χ2n) is 9.16. The number of carbonyl (C=O) groups is 2. The Balaban J connectivity index is 1.33. The van der Waals surface area contributed by atoms with Crippen LogP contribution in [0.5, 0.6) is 0 Å². The van der Waals surface area contributed by atoms with Crippen molar-refractivity contribution in [1.29, 1.82) is 0 Å². The molecule has 1 aliphatic heterocycles. The molecule has 0 radical (unpaired) electrons. The first-order chi connectivity index (χ1) is 18.0. The van der Waals surface area contributed by atoms with Crippen molar-refractivity contribution in [3.8, 4) is 0 Å². The first-order valence-corrected chi connectivity index (χ1v) is 13.6. The fraction of sp³-hybridized carbons (Fsp3) is 0.161. The number of halogens is 1. The highest BCUT2D eigenvalue weighted by Crippen LogP contribution is 2.39. The largest absolute Gasteiger partial charge is 0.341 e. The molecular weight excluding hydrogens is 500 g/mol. The molecule has 4 aromatic carbocycles. The van der Waals surface area contributed by atoms with Gasteiger partial charge < -0.3 is 10.2 Å². The van der Waals surface area contributed by atoms with Gasteiger partial charge in [0.15, 0.2) is 0 Å². The number of hydrogen-bond donors (Lipinski definition) is 1. The number of amides is 2. The van der Waals surface area contributed by atoms with Crippen LogP contribution in [0, 0.1) is 6.92 Å². The Morgan fingerprint density at radius 2 is 1.57 bits per heavy atom. The maximum absolute atomic E-state index is 13.3. The summed E-state index contributed by atoms with van der Waals surface area (Å²) in [6, 6.07) is 33.1. The molecule has 37 heavy (non-hydrogen) atoms. The van der Waals surface area contributed by atoms with Crippen molar-refractivity contribution in [3.05, 3.63) is 142 Å². The minimum atomic E-state index is -0.258. The number of hydrogen-bond acceptors (Lipinski definition) is 3. The second-order valence-corrected chi connectivity index (χ2v) is 10.7. The van der Waals surface area contributed by atoms with Crippen LogP contribution in [-0.4, -0.2) is 22.5 Å². The lowest BCUT2D eigenvalue weighted by Gasteiger charge is -2.25. The third-order valence-corrected chi connectivity index (χ3v) is 8.02. The molecule has 0 aliphatic carbocycles. The Morgan fingerprint density at radius 1 is 0.919 bits per heavy atom. The van der Waals surface area contributed by atoms with Gasteiger partial charge in [-0.2, -0.15) is 0 Å². The molecule has 5 rings (SSSR count). The van der Waals surface area contributed by atoms with Gasteiger partial charge in [0.1, 0.15) is 5.37 Å². The lowest BCUT2D eigenvalue weighted by atomic mass is 9.97. The average Bonchev–Trinajstić information content (AvgIpc) is 3.29. The van der Waals surface area contributed by atoms with Crippen molar-refractivity contribution in [3.63, 3.8) is 0 Å². The monoisotopic (exact) mass is 526 g/mol. The van der Waals surface area contributed by atoms with Gasteiger partial charge in [-0.3, -0.25) is 9.59 Å². The summed E-state index contributed by atoms with van der Waals surface area (Å²) in [5, 5.41) is 3.79. The van der Waals surface area contributed by atoms with Crippen molar-refractivity contribution in [1.82, 2.24) is 10.2 Å². The van der Waals surface area contributed by atoms with Crippen molar-refractivity contribution in [2.45, 2.75) is 24.9 Å². The number of nitrogens with one attached hydrogen (secondary N) is 1. The lowest BCUT2D eigenvalue weighted by Crippen LogP contribution is -2.29. The van der Waals surface area contributed by atoms with Gasteiger partial charge in [0, 0.05) is 17.1 Å². The highest BCUT2D eigenvalue weighted by molar-refractivity contribution is 8.00. The maximum Gasteiger partial charge on any atom is 0.252 e. The predicted octanol–water partition coefficient (Wildman–Crippen LogP) is 6.94. The van der Waals surface area contributed by atoms with Crippen LogP contribution in [0.1, 0.15) is 49.6 Å². The molecule has 0 saturated carbocycles. The number of thioether (sulfide) groups is 1. The van der Waals surface area contributed by atoms with Crippen LogP contribution in [0.25, 0.3) is 0 Å². The molecule has 0 aromatic heterocycles. The van der Waals surface area contributed by atoms with E-state index in [1.807, 2.05) is 90.7 Å². The van der Waals surface area contributed by atoms with E-state index in [2.05, 4.69) is 29.6 Å². The molecule has 0 unspecified atom stereocenters. The molecule has 0 bridgehead atoms. The molecule has 1 saturated heterocycles. The van der Waals surface area contributed by atoms with Crippen LogP contribution < -0.4 is 5.32 Å². The fourth-order valence-corrected chi connectivity index (χ4v) is 5.78. The predicted molar refractivity (Wildman–Crippen MR) is 151 cm³/mol. The molecule has 1 aliphatic rings. The van der Waals surface area contributed by atoms with E-state index in [9.17, 15) is 9.59 Å². The van der Waals surface area contributed by atoms with E-state index in [1.165, 1.54) is 5.56 Å². The summed E-state index contributed by atoms with van der Waals surface area (Å²) in [6.45, 7) is 2.57. The Labute approximate surface area is 226 Å². The zero-order chi connectivity index (χ0) is 25.8. The Kier molecular flexibility index (Phi) is 7.63. The molecule has 4 aromatic rings. The summed E-state index contributed by atoms with van der Waals surface area (Å²) < 4.78 is 0. The van der Waals surface area contributed by atoms with Gasteiger partial charge in [-0.05, 0) is 53.4 Å². The van der Waals surface area contributed by atoms with Crippen molar-refractivity contribution in [2.24, 2.45) is 0 Å². The standard InChI is InChI=1S/C31H27ClN2O2S/c1-21-7-11-24(12-8-21)29(23-5-3-2-4-6-23)33-30(36)25-13-15-26(16-14-25)31-34(28(35)20-37-31)19-22-9-17-27(32)18-10-22/h2-18,29,31H,19-20H2,1H3,(H,33,36)/t29-,31-/m1/s1. The molecule has 4 nitrogen and oxygen atoms in total. The molecule has 1 N–H and O–H groups in total. The van der Waals surface area contributed by atoms with Gasteiger partial charge in [0.25, 0.3) is 5.91 Å². The van der Waals surface area contributed by atoms with Gasteiger partial charge in [-0.15, -0.1) is 11.8 Å². The van der Waals surface area contributed by atoms with E-state index < -0.39 is 0 Å². The molecular formula is C31H27ClN2O2S. The van der Waals surface area contributed by atoms with E-state index in [1.54, 1.807) is 11.8 Å². The number of aryl methyl sites for hydroxylation is 1. The Morgan fingerprint density at radius 3 is 2.24 bits per heavy atom. The Hall–Kier alpha value is -3.54. The number of carbonyl (C=O) groups excluding carboxylic acids is 2. The van der Waals surface area contributed by atoms with Crippen LogP contribution in [0.4, 0.5) is 0 Å². The summed E-state index contributed by atoms with van der Waals surface area (Å²) >= 11 is 7.62. The van der Waals surface area contributed by atoms with Crippen LogP contribution in [0.3, 0.4) is 0 Å². The fourth-order valence-electron chi connectivity index (χ4n) is 4.46. The summed E-state index contributed by atoms with van der Waals surface area (Å²) in [7, 11) is 0. The highest BCUT2D eigenvalue weighted by Gasteiger charge is 2.33. The lowest BCUT2D eigenvalue weighted by molar-refractivity contribution is -0.128. The quantitative estimate of drug-likeness (QED) is 0.284. The van der Waals surface area contributed by atoms with E-state index in [-0.39, 0.29) is 23.2 Å². The summed E-state index contributed by atoms with van der Waals surface area (Å²) in [5.41, 5.74) is 5.83. The third-order valence-electron chi connectivity index (χ3n) is 6.51. The maximum atomic E-state index is 13.3. The van der Waals surface area contributed by atoms with Gasteiger partial charge in [-0.1, -0.05) is 96.0 Å². The van der Waals surface area contributed by atoms with E-state index in [0.717, 1.165) is 22.3 Å². The molecule has 1 fully saturated rings.